The molecule has 3 aromatic rings. The fourth-order valence-electron chi connectivity index (χ4n) is 3.74. The highest BCUT2D eigenvalue weighted by Crippen LogP contribution is 2.17. The minimum absolute atomic E-state index is 0.164. The molecule has 1 saturated heterocycles. The molecule has 0 radical (unpaired) electrons. The van der Waals surface area contributed by atoms with Crippen LogP contribution in [-0.2, 0) is 4.79 Å². The molecule has 0 unspecified atom stereocenters. The standard InChI is InChI=1S/C27H27N3O2/c1-21-12-14-22(15-13-21)20-25(28-26(31)23-8-4-2-5-9-23)27(32)30-18-16-29(17-19-30)24-10-6-3-7-11-24/h2-15,20H,16-19H2,1H3,(H,28,31). The third kappa shape index (κ3) is 5.24. The normalized spacial score (nSPS) is 14.2. The number of benzene rings is 3. The zero-order chi connectivity index (χ0) is 22.3. The Kier molecular flexibility index (Phi) is 6.66. The smallest absolute Gasteiger partial charge is 0.270 e. The van der Waals surface area contributed by atoms with Gasteiger partial charge in [-0.3, -0.25) is 9.59 Å². The van der Waals surface area contributed by atoms with E-state index in [2.05, 4.69) is 22.3 Å². The van der Waals surface area contributed by atoms with E-state index in [1.165, 1.54) is 0 Å². The average Bonchev–Trinajstić information content (AvgIpc) is 2.85. The van der Waals surface area contributed by atoms with Gasteiger partial charge in [0.1, 0.15) is 5.70 Å². The number of hydrogen-bond acceptors (Lipinski definition) is 3. The maximum Gasteiger partial charge on any atom is 0.270 e. The number of amides is 2. The van der Waals surface area contributed by atoms with Gasteiger partial charge in [-0.1, -0.05) is 66.2 Å². The fraction of sp³-hybridized carbons (Fsp3) is 0.185. The summed E-state index contributed by atoms with van der Waals surface area (Å²) in [7, 11) is 0. The van der Waals surface area contributed by atoms with Crippen molar-refractivity contribution in [3.63, 3.8) is 0 Å². The van der Waals surface area contributed by atoms with E-state index < -0.39 is 0 Å². The number of para-hydroxylation sites is 1. The zero-order valence-corrected chi connectivity index (χ0v) is 18.2. The number of rotatable bonds is 5. The van der Waals surface area contributed by atoms with Gasteiger partial charge in [-0.15, -0.1) is 0 Å². The minimum Gasteiger partial charge on any atom is -0.368 e. The van der Waals surface area contributed by atoms with Gasteiger partial charge >= 0.3 is 0 Å². The summed E-state index contributed by atoms with van der Waals surface area (Å²) >= 11 is 0. The zero-order valence-electron chi connectivity index (χ0n) is 18.2. The summed E-state index contributed by atoms with van der Waals surface area (Å²) in [6, 6.07) is 27.0. The Hall–Kier alpha value is -3.86. The van der Waals surface area contributed by atoms with Crippen LogP contribution in [0.5, 0.6) is 0 Å². The maximum atomic E-state index is 13.4. The Labute approximate surface area is 189 Å². The second kappa shape index (κ2) is 9.96. The molecule has 1 aliphatic heterocycles. The second-order valence-corrected chi connectivity index (χ2v) is 7.90. The van der Waals surface area contributed by atoms with E-state index in [1.54, 1.807) is 18.2 Å². The van der Waals surface area contributed by atoms with Crippen molar-refractivity contribution >= 4 is 23.6 Å². The molecule has 0 atom stereocenters. The summed E-state index contributed by atoms with van der Waals surface area (Å²) in [5.41, 5.74) is 3.97. The monoisotopic (exact) mass is 425 g/mol. The molecule has 1 fully saturated rings. The Bertz CT molecular complexity index is 1080. The summed E-state index contributed by atoms with van der Waals surface area (Å²) in [4.78, 5) is 30.3. The predicted molar refractivity (Wildman–Crippen MR) is 128 cm³/mol. The number of nitrogens with zero attached hydrogens (tertiary/aromatic N) is 2. The molecule has 3 aromatic carbocycles. The van der Waals surface area contributed by atoms with Gasteiger partial charge in [-0.2, -0.15) is 0 Å². The summed E-state index contributed by atoms with van der Waals surface area (Å²) in [5.74, 6) is -0.456. The highest BCUT2D eigenvalue weighted by Gasteiger charge is 2.25. The lowest BCUT2D eigenvalue weighted by molar-refractivity contribution is -0.127. The summed E-state index contributed by atoms with van der Waals surface area (Å²) < 4.78 is 0. The highest BCUT2D eigenvalue weighted by molar-refractivity contribution is 6.05. The molecule has 0 saturated carbocycles. The van der Waals surface area contributed by atoms with Crippen LogP contribution in [0.25, 0.3) is 6.08 Å². The van der Waals surface area contributed by atoms with E-state index >= 15 is 0 Å². The Morgan fingerprint density at radius 2 is 1.38 bits per heavy atom. The first-order valence-corrected chi connectivity index (χ1v) is 10.8. The van der Waals surface area contributed by atoms with E-state index in [9.17, 15) is 9.59 Å². The number of piperazine rings is 1. The largest absolute Gasteiger partial charge is 0.368 e. The lowest BCUT2D eigenvalue weighted by atomic mass is 10.1. The second-order valence-electron chi connectivity index (χ2n) is 7.90. The van der Waals surface area contributed by atoms with Crippen LogP contribution < -0.4 is 10.2 Å². The molecule has 1 N–H and O–H groups in total. The minimum atomic E-state index is -0.291. The van der Waals surface area contributed by atoms with Crippen molar-refractivity contribution in [1.29, 1.82) is 0 Å². The van der Waals surface area contributed by atoms with Crippen molar-refractivity contribution in [2.24, 2.45) is 0 Å². The Morgan fingerprint density at radius 3 is 2.00 bits per heavy atom. The van der Waals surface area contributed by atoms with E-state index in [4.69, 9.17) is 0 Å². The number of hydrogen-bond donors (Lipinski definition) is 1. The lowest BCUT2D eigenvalue weighted by Crippen LogP contribution is -2.50. The van der Waals surface area contributed by atoms with Crippen molar-refractivity contribution in [3.8, 4) is 0 Å². The van der Waals surface area contributed by atoms with Crippen molar-refractivity contribution in [3.05, 3.63) is 107 Å². The first kappa shape index (κ1) is 21.4. The Balaban J connectivity index is 1.52. The molecule has 0 aliphatic carbocycles. The number of nitrogens with one attached hydrogen (secondary N) is 1. The van der Waals surface area contributed by atoms with Gasteiger partial charge in [0.05, 0.1) is 0 Å². The molecular weight excluding hydrogens is 398 g/mol. The van der Waals surface area contributed by atoms with Crippen LogP contribution in [0.15, 0.2) is 90.6 Å². The van der Waals surface area contributed by atoms with Crippen molar-refractivity contribution in [2.45, 2.75) is 6.92 Å². The van der Waals surface area contributed by atoms with Crippen LogP contribution in [0.3, 0.4) is 0 Å². The first-order chi connectivity index (χ1) is 15.6. The fourth-order valence-corrected chi connectivity index (χ4v) is 3.74. The number of carbonyl (C=O) groups is 2. The van der Waals surface area contributed by atoms with Gasteiger partial charge < -0.3 is 15.1 Å². The van der Waals surface area contributed by atoms with Gasteiger partial charge in [0.25, 0.3) is 11.8 Å². The molecule has 0 bridgehead atoms. The van der Waals surface area contributed by atoms with Gasteiger partial charge in [-0.05, 0) is 42.8 Å². The third-order valence-corrected chi connectivity index (χ3v) is 5.59. The van der Waals surface area contributed by atoms with Crippen molar-refractivity contribution < 1.29 is 9.59 Å². The van der Waals surface area contributed by atoms with Crippen LogP contribution in [0, 0.1) is 6.92 Å². The van der Waals surface area contributed by atoms with E-state index in [0.29, 0.717) is 18.7 Å². The maximum absolute atomic E-state index is 13.4. The van der Waals surface area contributed by atoms with E-state index in [-0.39, 0.29) is 17.5 Å². The van der Waals surface area contributed by atoms with Gasteiger partial charge in [0.15, 0.2) is 0 Å². The molecular formula is C27H27N3O2. The van der Waals surface area contributed by atoms with Crippen molar-refractivity contribution in [1.82, 2.24) is 10.2 Å². The van der Waals surface area contributed by atoms with E-state index in [0.717, 1.165) is 29.9 Å². The molecule has 32 heavy (non-hydrogen) atoms. The number of aryl methyl sites for hydroxylation is 1. The average molecular weight is 426 g/mol. The predicted octanol–water partition coefficient (Wildman–Crippen LogP) is 4.11. The molecule has 0 spiro atoms. The Morgan fingerprint density at radius 1 is 0.781 bits per heavy atom. The number of anilines is 1. The van der Waals surface area contributed by atoms with Gasteiger partial charge in [0, 0.05) is 37.4 Å². The topological polar surface area (TPSA) is 52.7 Å². The van der Waals surface area contributed by atoms with Crippen LogP contribution >= 0.6 is 0 Å². The summed E-state index contributed by atoms with van der Waals surface area (Å²) in [5, 5.41) is 2.85. The lowest BCUT2D eigenvalue weighted by Gasteiger charge is -2.36. The molecule has 5 nitrogen and oxygen atoms in total. The number of carbonyl (C=O) groups excluding carboxylic acids is 2. The molecule has 1 heterocycles. The van der Waals surface area contributed by atoms with Gasteiger partial charge in [0.2, 0.25) is 0 Å². The summed E-state index contributed by atoms with van der Waals surface area (Å²) in [6.07, 6.45) is 1.76. The molecule has 5 heteroatoms. The van der Waals surface area contributed by atoms with Crippen molar-refractivity contribution in [2.75, 3.05) is 31.1 Å². The van der Waals surface area contributed by atoms with Crippen LogP contribution in [0.2, 0.25) is 0 Å². The van der Waals surface area contributed by atoms with Gasteiger partial charge in [-0.25, -0.2) is 0 Å². The van der Waals surface area contributed by atoms with Crippen LogP contribution in [0.4, 0.5) is 5.69 Å². The SMILES string of the molecule is Cc1ccc(C=C(NC(=O)c2ccccc2)C(=O)N2CCN(c3ccccc3)CC2)cc1. The molecule has 162 valence electrons. The summed E-state index contributed by atoms with van der Waals surface area (Å²) in [6.45, 7) is 4.71. The van der Waals surface area contributed by atoms with Crippen LogP contribution in [-0.4, -0.2) is 42.9 Å². The molecule has 0 aromatic heterocycles. The first-order valence-electron chi connectivity index (χ1n) is 10.8. The highest BCUT2D eigenvalue weighted by atomic mass is 16.2. The molecule has 2 amide bonds. The molecule has 4 rings (SSSR count). The molecule has 1 aliphatic rings. The van der Waals surface area contributed by atoms with E-state index in [1.807, 2.05) is 72.5 Å². The van der Waals surface area contributed by atoms with Crippen LogP contribution in [0.1, 0.15) is 21.5 Å². The quantitative estimate of drug-likeness (QED) is 0.626. The third-order valence-electron chi connectivity index (χ3n) is 5.59.